The fourth-order valence-corrected chi connectivity index (χ4v) is 10.4. The average Bonchev–Trinajstić information content (AvgIpc) is 3.15. The molecule has 2 saturated heterocycles. The van der Waals surface area contributed by atoms with E-state index in [0.29, 0.717) is 47.5 Å². The Balaban J connectivity index is 1.29. The van der Waals surface area contributed by atoms with Crippen molar-refractivity contribution in [2.75, 3.05) is 6.61 Å². The molecule has 0 radical (unpaired) electrons. The van der Waals surface area contributed by atoms with Crippen LogP contribution in [0.3, 0.4) is 0 Å². The van der Waals surface area contributed by atoms with E-state index in [0.717, 1.165) is 45.1 Å². The Hall–Kier alpha value is -0.160. The van der Waals surface area contributed by atoms with Crippen molar-refractivity contribution >= 4 is 0 Å². The molecule has 6 aliphatic rings. The number of aliphatic hydroxyl groups is 2. The second-order valence-electron chi connectivity index (χ2n) is 13.3. The Morgan fingerprint density at radius 1 is 0.871 bits per heavy atom. The van der Waals surface area contributed by atoms with Gasteiger partial charge in [0.15, 0.2) is 5.79 Å². The van der Waals surface area contributed by atoms with Crippen LogP contribution in [0.2, 0.25) is 0 Å². The van der Waals surface area contributed by atoms with Gasteiger partial charge < -0.3 is 19.7 Å². The summed E-state index contributed by atoms with van der Waals surface area (Å²) in [6.07, 6.45) is 9.63. The maximum absolute atomic E-state index is 11.7. The number of ether oxygens (including phenoxy) is 2. The third kappa shape index (κ3) is 2.80. The number of hydrogen-bond donors (Lipinski definition) is 2. The molecule has 2 heterocycles. The van der Waals surface area contributed by atoms with Crippen LogP contribution < -0.4 is 0 Å². The molecule has 0 aromatic rings. The number of fused-ring (bicyclic) bond motifs is 7. The normalized spacial score (nSPS) is 63.3. The lowest BCUT2D eigenvalue weighted by atomic mass is 9.43. The minimum Gasteiger partial charge on any atom is -0.393 e. The van der Waals surface area contributed by atoms with Crippen LogP contribution in [0.25, 0.3) is 0 Å². The van der Waals surface area contributed by atoms with Gasteiger partial charge in [-0.25, -0.2) is 0 Å². The third-order valence-electron chi connectivity index (χ3n) is 11.8. The lowest BCUT2D eigenvalue weighted by Crippen LogP contribution is -2.59. The molecular formula is C27H44O4. The molecule has 2 N–H and O–H groups in total. The lowest BCUT2D eigenvalue weighted by molar-refractivity contribution is -0.274. The summed E-state index contributed by atoms with van der Waals surface area (Å²) in [7, 11) is 0. The van der Waals surface area contributed by atoms with E-state index in [1.807, 2.05) is 0 Å². The fourth-order valence-electron chi connectivity index (χ4n) is 10.4. The molecule has 13 atom stereocenters. The van der Waals surface area contributed by atoms with E-state index in [2.05, 4.69) is 27.7 Å². The van der Waals surface area contributed by atoms with Gasteiger partial charge in [-0.3, -0.25) is 0 Å². The predicted molar refractivity (Wildman–Crippen MR) is 119 cm³/mol. The topological polar surface area (TPSA) is 58.9 Å². The monoisotopic (exact) mass is 432 g/mol. The standard InChI is InChI=1S/C27H44O4/c1-15-7-10-27(30-14-15)16(2)23-22(31-27)12-20-19-6-5-17-11-18(28)8-9-25(17,3)24(19)21(29)13-26(20,23)4/h15-24,28-29H,5-14H2,1-4H3/t15-,16+,17+,18+,19+,20+,21-,22+,23+,24-,25+,26+,27-/m1/s1. The van der Waals surface area contributed by atoms with Gasteiger partial charge >= 0.3 is 0 Å². The second-order valence-corrected chi connectivity index (χ2v) is 13.3. The van der Waals surface area contributed by atoms with Gasteiger partial charge in [0.2, 0.25) is 0 Å². The molecular weight excluding hydrogens is 388 g/mol. The van der Waals surface area contributed by atoms with Crippen molar-refractivity contribution in [3.63, 3.8) is 0 Å². The van der Waals surface area contributed by atoms with E-state index in [4.69, 9.17) is 9.47 Å². The van der Waals surface area contributed by atoms with Gasteiger partial charge in [0.1, 0.15) is 0 Å². The van der Waals surface area contributed by atoms with Crippen LogP contribution in [0.15, 0.2) is 0 Å². The zero-order chi connectivity index (χ0) is 21.8. The van der Waals surface area contributed by atoms with Crippen molar-refractivity contribution in [3.05, 3.63) is 0 Å². The Labute approximate surface area is 188 Å². The van der Waals surface area contributed by atoms with Crippen LogP contribution in [-0.2, 0) is 9.47 Å². The zero-order valence-electron chi connectivity index (χ0n) is 20.1. The highest BCUT2D eigenvalue weighted by Gasteiger charge is 2.70. The molecule has 2 aliphatic heterocycles. The van der Waals surface area contributed by atoms with Gasteiger partial charge in [0.05, 0.1) is 24.9 Å². The molecule has 1 spiro atoms. The molecule has 0 aromatic heterocycles. The van der Waals surface area contributed by atoms with Crippen molar-refractivity contribution in [2.45, 2.75) is 110 Å². The predicted octanol–water partition coefficient (Wildman–Crippen LogP) is 4.76. The van der Waals surface area contributed by atoms with Gasteiger partial charge in [-0.2, -0.15) is 0 Å². The van der Waals surface area contributed by atoms with Crippen molar-refractivity contribution < 1.29 is 19.7 Å². The molecule has 31 heavy (non-hydrogen) atoms. The summed E-state index contributed by atoms with van der Waals surface area (Å²) in [5.41, 5.74) is 0.342. The molecule has 6 rings (SSSR count). The minimum absolute atomic E-state index is 0.130. The van der Waals surface area contributed by atoms with Crippen LogP contribution in [0.4, 0.5) is 0 Å². The number of aliphatic hydroxyl groups excluding tert-OH is 2. The van der Waals surface area contributed by atoms with Crippen LogP contribution in [0.5, 0.6) is 0 Å². The first-order chi connectivity index (χ1) is 14.7. The second kappa shape index (κ2) is 6.93. The quantitative estimate of drug-likeness (QED) is 0.579. The Bertz CT molecular complexity index is 716. The number of hydrogen-bond acceptors (Lipinski definition) is 4. The third-order valence-corrected chi connectivity index (χ3v) is 11.8. The highest BCUT2D eigenvalue weighted by molar-refractivity contribution is 5.17. The Kier molecular flexibility index (Phi) is 4.78. The zero-order valence-corrected chi connectivity index (χ0v) is 20.1. The van der Waals surface area contributed by atoms with E-state index in [1.165, 1.54) is 19.3 Å². The minimum atomic E-state index is -0.374. The lowest BCUT2D eigenvalue weighted by Gasteiger charge is -2.62. The summed E-state index contributed by atoms with van der Waals surface area (Å²) in [6, 6.07) is 0. The van der Waals surface area contributed by atoms with Gasteiger partial charge in [-0.15, -0.1) is 0 Å². The maximum atomic E-state index is 11.7. The Morgan fingerprint density at radius 3 is 2.42 bits per heavy atom. The SMILES string of the molecule is C[C@@H]1CC[C@@]2(OC1)O[C@H]1C[C@H]3[C@@H]4CC[C@H]5C[C@@H](O)CC[C@]5(C)[C@H]4[C@H](O)C[C@]3(C)[C@H]1[C@@H]2C. The van der Waals surface area contributed by atoms with Gasteiger partial charge in [0, 0.05) is 12.3 Å². The molecule has 0 bridgehead atoms. The highest BCUT2D eigenvalue weighted by atomic mass is 16.7. The van der Waals surface area contributed by atoms with E-state index in [1.54, 1.807) is 0 Å². The van der Waals surface area contributed by atoms with Gasteiger partial charge in [0.25, 0.3) is 0 Å². The molecule has 4 nitrogen and oxygen atoms in total. The first-order valence-electron chi connectivity index (χ1n) is 13.4. The van der Waals surface area contributed by atoms with Crippen LogP contribution in [-0.4, -0.2) is 40.9 Å². The number of rotatable bonds is 0. The van der Waals surface area contributed by atoms with E-state index in [-0.39, 0.29) is 28.8 Å². The molecule has 6 fully saturated rings. The van der Waals surface area contributed by atoms with E-state index >= 15 is 0 Å². The van der Waals surface area contributed by atoms with Gasteiger partial charge in [-0.05, 0) is 97.7 Å². The summed E-state index contributed by atoms with van der Waals surface area (Å²) in [5, 5.41) is 22.0. The summed E-state index contributed by atoms with van der Waals surface area (Å²) in [6.45, 7) is 10.4. The maximum Gasteiger partial charge on any atom is 0.171 e. The largest absolute Gasteiger partial charge is 0.393 e. The van der Waals surface area contributed by atoms with Gasteiger partial charge in [-0.1, -0.05) is 27.7 Å². The van der Waals surface area contributed by atoms with Crippen molar-refractivity contribution in [1.29, 1.82) is 0 Å². The summed E-state index contributed by atoms with van der Waals surface area (Å²) in [4.78, 5) is 0. The summed E-state index contributed by atoms with van der Waals surface area (Å²) >= 11 is 0. The smallest absolute Gasteiger partial charge is 0.171 e. The molecule has 4 saturated carbocycles. The van der Waals surface area contributed by atoms with Crippen LogP contribution >= 0.6 is 0 Å². The first-order valence-corrected chi connectivity index (χ1v) is 13.4. The fraction of sp³-hybridized carbons (Fsp3) is 1.00. The molecule has 0 aromatic carbocycles. The summed E-state index contributed by atoms with van der Waals surface area (Å²) in [5.74, 6) is 3.40. The van der Waals surface area contributed by atoms with E-state index < -0.39 is 0 Å². The van der Waals surface area contributed by atoms with Crippen molar-refractivity contribution in [2.24, 2.45) is 52.3 Å². The molecule has 4 heteroatoms. The Morgan fingerprint density at radius 2 is 1.68 bits per heavy atom. The molecule has 0 unspecified atom stereocenters. The first kappa shape index (κ1) is 21.4. The van der Waals surface area contributed by atoms with Crippen LogP contribution in [0.1, 0.15) is 85.5 Å². The van der Waals surface area contributed by atoms with Crippen LogP contribution in [0, 0.1) is 52.3 Å². The molecule has 0 amide bonds. The summed E-state index contributed by atoms with van der Waals surface area (Å²) < 4.78 is 13.3. The average molecular weight is 433 g/mol. The van der Waals surface area contributed by atoms with Crippen molar-refractivity contribution in [3.8, 4) is 0 Å². The van der Waals surface area contributed by atoms with Crippen molar-refractivity contribution in [1.82, 2.24) is 0 Å². The highest BCUT2D eigenvalue weighted by Crippen LogP contribution is 2.71. The molecule has 4 aliphatic carbocycles. The van der Waals surface area contributed by atoms with E-state index in [9.17, 15) is 10.2 Å². The molecule has 176 valence electrons.